The van der Waals surface area contributed by atoms with Crippen LogP contribution in [0.25, 0.3) is 43.4 Å². The number of rotatable bonds is 0. The smallest absolute Gasteiger partial charge is 0.228 e. The van der Waals surface area contributed by atoms with Crippen molar-refractivity contribution in [3.05, 3.63) is 72.8 Å². The maximum atomic E-state index is 12.4. The van der Waals surface area contributed by atoms with Crippen LogP contribution in [0.4, 0.5) is 0 Å². The van der Waals surface area contributed by atoms with E-state index < -0.39 is 0 Å². The Morgan fingerprint density at radius 1 is 0.667 bits per heavy atom. The summed E-state index contributed by atoms with van der Waals surface area (Å²) in [4.78, 5) is 12.4. The first-order chi connectivity index (χ1) is 11.7. The van der Waals surface area contributed by atoms with Gasteiger partial charge in [-0.25, -0.2) is 0 Å². The fourth-order valence-corrected chi connectivity index (χ4v) is 3.73. The first kappa shape index (κ1) is 13.3. The van der Waals surface area contributed by atoms with Crippen LogP contribution < -0.4 is 0 Å². The van der Waals surface area contributed by atoms with Crippen LogP contribution in [0, 0.1) is 0 Å². The van der Waals surface area contributed by atoms with Gasteiger partial charge in [-0.05, 0) is 45.8 Å². The van der Waals surface area contributed by atoms with Gasteiger partial charge in [0.05, 0.1) is 11.0 Å². The third kappa shape index (κ3) is 1.74. The van der Waals surface area contributed by atoms with E-state index in [0.717, 1.165) is 32.6 Å². The highest BCUT2D eigenvalue weighted by Crippen LogP contribution is 2.34. The molecule has 5 rings (SSSR count). The molecule has 2 nitrogen and oxygen atoms in total. The van der Waals surface area contributed by atoms with Crippen LogP contribution in [0.15, 0.2) is 72.8 Å². The van der Waals surface area contributed by atoms with Gasteiger partial charge in [-0.2, -0.15) is 0 Å². The van der Waals surface area contributed by atoms with Gasteiger partial charge in [0.2, 0.25) is 5.91 Å². The first-order valence-corrected chi connectivity index (χ1v) is 8.09. The molecule has 0 spiro atoms. The minimum Gasteiger partial charge on any atom is -0.280 e. The Hall–Kier alpha value is -3.13. The van der Waals surface area contributed by atoms with E-state index in [0.29, 0.717) is 0 Å². The number of hydrogen-bond acceptors (Lipinski definition) is 1. The molecular formula is C22H15NO. The van der Waals surface area contributed by atoms with Crippen molar-refractivity contribution in [3.63, 3.8) is 0 Å². The lowest BCUT2D eigenvalue weighted by Crippen LogP contribution is -2.04. The van der Waals surface area contributed by atoms with E-state index in [1.165, 1.54) is 10.8 Å². The molecule has 0 saturated carbocycles. The standard InChI is InChI=1S/C22H15NO/c1-14(24)23-21-12-17-8-4-2-6-15(17)10-19(21)20-11-16-7-3-5-9-18(16)13-22(20)23/h2-13H,1H3. The largest absolute Gasteiger partial charge is 0.280 e. The zero-order valence-corrected chi connectivity index (χ0v) is 13.3. The zero-order chi connectivity index (χ0) is 16.3. The Morgan fingerprint density at radius 2 is 1.04 bits per heavy atom. The molecule has 0 bridgehead atoms. The lowest BCUT2D eigenvalue weighted by atomic mass is 10.0. The van der Waals surface area contributed by atoms with Gasteiger partial charge in [0.15, 0.2) is 0 Å². The number of nitrogens with zero attached hydrogens (tertiary/aromatic N) is 1. The first-order valence-electron chi connectivity index (χ1n) is 8.09. The van der Waals surface area contributed by atoms with Gasteiger partial charge in [-0.3, -0.25) is 9.36 Å². The average molecular weight is 309 g/mol. The molecule has 5 aromatic rings. The van der Waals surface area contributed by atoms with Crippen molar-refractivity contribution < 1.29 is 4.79 Å². The van der Waals surface area contributed by atoms with E-state index in [-0.39, 0.29) is 5.91 Å². The van der Waals surface area contributed by atoms with Gasteiger partial charge in [0, 0.05) is 17.7 Å². The van der Waals surface area contributed by atoms with Crippen LogP contribution >= 0.6 is 0 Å². The molecule has 0 N–H and O–H groups in total. The van der Waals surface area contributed by atoms with Crippen molar-refractivity contribution in [1.29, 1.82) is 0 Å². The van der Waals surface area contributed by atoms with Gasteiger partial charge in [0.25, 0.3) is 0 Å². The van der Waals surface area contributed by atoms with Gasteiger partial charge < -0.3 is 0 Å². The summed E-state index contributed by atoms with van der Waals surface area (Å²) in [6.07, 6.45) is 0. The summed E-state index contributed by atoms with van der Waals surface area (Å²) in [5, 5.41) is 6.95. The van der Waals surface area contributed by atoms with Gasteiger partial charge in [-0.1, -0.05) is 48.5 Å². The quantitative estimate of drug-likeness (QED) is 0.356. The number of benzene rings is 4. The molecule has 0 aliphatic heterocycles. The fraction of sp³-hybridized carbons (Fsp3) is 0.0455. The highest BCUT2D eigenvalue weighted by molar-refractivity contribution is 6.19. The highest BCUT2D eigenvalue weighted by atomic mass is 16.1. The molecule has 0 atom stereocenters. The van der Waals surface area contributed by atoms with E-state index in [1.54, 1.807) is 6.92 Å². The molecule has 2 heteroatoms. The van der Waals surface area contributed by atoms with Crippen molar-refractivity contribution >= 4 is 49.3 Å². The molecule has 0 unspecified atom stereocenters. The van der Waals surface area contributed by atoms with Gasteiger partial charge in [-0.15, -0.1) is 0 Å². The van der Waals surface area contributed by atoms with Crippen molar-refractivity contribution in [2.24, 2.45) is 0 Å². The third-order valence-corrected chi connectivity index (χ3v) is 4.81. The topological polar surface area (TPSA) is 22.0 Å². The maximum Gasteiger partial charge on any atom is 0.228 e. The highest BCUT2D eigenvalue weighted by Gasteiger charge is 2.15. The second-order valence-electron chi connectivity index (χ2n) is 6.29. The molecular weight excluding hydrogens is 294 g/mol. The minimum atomic E-state index is 0.0422. The molecule has 0 fully saturated rings. The molecule has 0 amide bonds. The van der Waals surface area contributed by atoms with E-state index in [2.05, 4.69) is 48.5 Å². The predicted molar refractivity (Wildman–Crippen MR) is 101 cm³/mol. The Morgan fingerprint density at radius 3 is 1.42 bits per heavy atom. The third-order valence-electron chi connectivity index (χ3n) is 4.81. The Kier molecular flexibility index (Phi) is 2.60. The maximum absolute atomic E-state index is 12.4. The number of carbonyl (C=O) groups excluding carboxylic acids is 1. The summed E-state index contributed by atoms with van der Waals surface area (Å²) in [7, 11) is 0. The van der Waals surface area contributed by atoms with Crippen molar-refractivity contribution in [2.45, 2.75) is 6.92 Å². The number of carbonyl (C=O) groups is 1. The molecule has 1 aromatic heterocycles. The summed E-state index contributed by atoms with van der Waals surface area (Å²) in [6, 6.07) is 25.2. The van der Waals surface area contributed by atoms with Crippen LogP contribution in [0.3, 0.4) is 0 Å². The lowest BCUT2D eigenvalue weighted by molar-refractivity contribution is 0.0946. The van der Waals surface area contributed by atoms with Gasteiger partial charge in [0.1, 0.15) is 0 Å². The average Bonchev–Trinajstić information content (AvgIpc) is 2.90. The summed E-state index contributed by atoms with van der Waals surface area (Å²) >= 11 is 0. The minimum absolute atomic E-state index is 0.0422. The molecule has 1 heterocycles. The van der Waals surface area contributed by atoms with Crippen molar-refractivity contribution in [2.75, 3.05) is 0 Å². The van der Waals surface area contributed by atoms with E-state index in [9.17, 15) is 4.79 Å². The predicted octanol–water partition coefficient (Wildman–Crippen LogP) is 5.76. The molecule has 24 heavy (non-hydrogen) atoms. The second-order valence-corrected chi connectivity index (χ2v) is 6.29. The van der Waals surface area contributed by atoms with E-state index in [4.69, 9.17) is 0 Å². The SMILES string of the molecule is CC(=O)n1c2cc3ccccc3cc2c2cc3ccccc3cc21. The van der Waals surface area contributed by atoms with E-state index in [1.807, 2.05) is 28.8 Å². The monoisotopic (exact) mass is 309 g/mol. The molecule has 0 saturated heterocycles. The Bertz CT molecular complexity index is 1180. The molecule has 0 aliphatic rings. The van der Waals surface area contributed by atoms with Crippen LogP contribution in [0.2, 0.25) is 0 Å². The van der Waals surface area contributed by atoms with Gasteiger partial charge >= 0.3 is 0 Å². The molecule has 0 aliphatic carbocycles. The summed E-state index contributed by atoms with van der Waals surface area (Å²) < 4.78 is 1.84. The van der Waals surface area contributed by atoms with E-state index >= 15 is 0 Å². The Balaban J connectivity index is 2.08. The second kappa shape index (κ2) is 4.68. The number of fused-ring (bicyclic) bond motifs is 5. The fourth-order valence-electron chi connectivity index (χ4n) is 3.73. The van der Waals surface area contributed by atoms with Crippen molar-refractivity contribution in [3.8, 4) is 0 Å². The number of hydrogen-bond donors (Lipinski definition) is 0. The molecule has 4 aromatic carbocycles. The number of aromatic nitrogens is 1. The summed E-state index contributed by atoms with van der Waals surface area (Å²) in [6.45, 7) is 1.63. The van der Waals surface area contributed by atoms with Crippen LogP contribution in [0.5, 0.6) is 0 Å². The summed E-state index contributed by atoms with van der Waals surface area (Å²) in [5.41, 5.74) is 1.96. The van der Waals surface area contributed by atoms with Crippen molar-refractivity contribution in [1.82, 2.24) is 4.57 Å². The Labute approximate surface area is 138 Å². The normalized spacial score (nSPS) is 11.7. The van der Waals surface area contributed by atoms with Crippen LogP contribution in [-0.2, 0) is 0 Å². The van der Waals surface area contributed by atoms with Crippen LogP contribution in [0.1, 0.15) is 11.7 Å². The summed E-state index contributed by atoms with van der Waals surface area (Å²) in [5.74, 6) is 0.0422. The molecule has 0 radical (unpaired) electrons. The zero-order valence-electron chi connectivity index (χ0n) is 13.3. The molecule has 114 valence electrons. The van der Waals surface area contributed by atoms with Crippen LogP contribution in [-0.4, -0.2) is 10.5 Å². The lowest BCUT2D eigenvalue weighted by Gasteiger charge is -2.03.